The largest absolute Gasteiger partial charge is 0.370 e. The highest BCUT2D eigenvalue weighted by atomic mass is 16.6. The first-order valence-corrected chi connectivity index (χ1v) is 21.7. The first-order valence-electron chi connectivity index (χ1n) is 21.7. The van der Waals surface area contributed by atoms with Crippen LogP contribution >= 0.6 is 0 Å². The molecule has 55 heavy (non-hydrogen) atoms. The summed E-state index contributed by atoms with van der Waals surface area (Å²) in [5.74, 6) is 5.00. The van der Waals surface area contributed by atoms with Crippen molar-refractivity contribution in [2.45, 2.75) is 213 Å². The van der Waals surface area contributed by atoms with Crippen molar-refractivity contribution in [3.8, 4) is 0 Å². The standard InChI is InChI=1S/C13H26O.C12H24O.C12H22O.C10H20.C5H10/c1-9(10(2)12(4,5)6)11(3)13(7)8-14-13;2*1-8(9(2)11(4)13)10(3)12(5,6)7;1-7-8(2)9(3)10(4,5)6;1-4-5(2)3/h9-11H,8H2,1-7H3;8-10H,1-7H3;10H,1-7H3;7,9H,1-6H3;4H,1-3H3/b;;9-8-;8-7+;. The lowest BCUT2D eigenvalue weighted by molar-refractivity contribution is -0.122. The van der Waals surface area contributed by atoms with Crippen molar-refractivity contribution in [1.29, 1.82) is 0 Å². The molecular weight excluding hydrogens is 673 g/mol. The molecule has 3 nitrogen and oxygen atoms in total. The summed E-state index contributed by atoms with van der Waals surface area (Å²) in [6.45, 7) is 66.2. The second-order valence-electron chi connectivity index (χ2n) is 22.3. The highest BCUT2D eigenvalue weighted by Gasteiger charge is 2.48. The van der Waals surface area contributed by atoms with Crippen molar-refractivity contribution in [2.24, 2.45) is 69.0 Å². The minimum atomic E-state index is 0.179. The molecule has 0 radical (unpaired) electrons. The molecule has 0 bridgehead atoms. The molecule has 1 heterocycles. The summed E-state index contributed by atoms with van der Waals surface area (Å²) in [5.41, 5.74) is 6.54. The lowest BCUT2D eigenvalue weighted by atomic mass is 9.68. The quantitative estimate of drug-likeness (QED) is 0.133. The van der Waals surface area contributed by atoms with Gasteiger partial charge >= 0.3 is 0 Å². The van der Waals surface area contributed by atoms with E-state index in [1.165, 1.54) is 16.7 Å². The molecule has 0 amide bonds. The maximum Gasteiger partial charge on any atom is 0.155 e. The van der Waals surface area contributed by atoms with Gasteiger partial charge in [-0.2, -0.15) is 0 Å². The zero-order valence-corrected chi connectivity index (χ0v) is 43.2. The zero-order chi connectivity index (χ0) is 45.4. The second-order valence-corrected chi connectivity index (χ2v) is 22.3. The van der Waals surface area contributed by atoms with E-state index in [9.17, 15) is 9.59 Å². The minimum absolute atomic E-state index is 0.179. The van der Waals surface area contributed by atoms with E-state index in [0.717, 1.165) is 24.0 Å². The summed E-state index contributed by atoms with van der Waals surface area (Å²) in [6.07, 6.45) is 4.29. The molecule has 0 aromatic rings. The van der Waals surface area contributed by atoms with Crippen LogP contribution in [-0.2, 0) is 14.3 Å². The van der Waals surface area contributed by atoms with E-state index in [-0.39, 0.29) is 22.7 Å². The SMILES string of the molecule is C/C=C(\C)C(C)C(C)(C)C.CC(=O)/C(C)=C(/C)C(C)C(C)(C)C.CC(=O)C(C)C(C)C(C)C(C)(C)C.CC(C(C)C(C)(C)C)C(C)C1(C)CO1.CC=C(C)C. The van der Waals surface area contributed by atoms with Gasteiger partial charge in [0.25, 0.3) is 0 Å². The van der Waals surface area contributed by atoms with Gasteiger partial charge in [-0.15, -0.1) is 0 Å². The van der Waals surface area contributed by atoms with Crippen LogP contribution in [0.4, 0.5) is 0 Å². The highest BCUT2D eigenvalue weighted by Crippen LogP contribution is 2.45. The van der Waals surface area contributed by atoms with Crippen molar-refractivity contribution < 1.29 is 14.3 Å². The first-order chi connectivity index (χ1) is 24.2. The van der Waals surface area contributed by atoms with E-state index >= 15 is 0 Å². The third-order valence-electron chi connectivity index (χ3n) is 14.2. The second kappa shape index (κ2) is 25.1. The van der Waals surface area contributed by atoms with Crippen LogP contribution in [0.15, 0.2) is 34.4 Å². The number of carbonyl (C=O) groups excluding carboxylic acids is 2. The average molecular weight is 775 g/mol. The Balaban J connectivity index is -0.000000304. The maximum absolute atomic E-state index is 11.2. The van der Waals surface area contributed by atoms with E-state index in [1.54, 1.807) is 13.8 Å². The van der Waals surface area contributed by atoms with E-state index in [4.69, 9.17) is 4.74 Å². The van der Waals surface area contributed by atoms with Crippen LogP contribution in [0.5, 0.6) is 0 Å². The van der Waals surface area contributed by atoms with Gasteiger partial charge in [-0.3, -0.25) is 9.59 Å². The molecule has 9 unspecified atom stereocenters. The van der Waals surface area contributed by atoms with Crippen LogP contribution < -0.4 is 0 Å². The number of epoxide rings is 1. The molecule has 1 aliphatic heterocycles. The molecule has 3 heteroatoms. The van der Waals surface area contributed by atoms with Crippen LogP contribution in [0, 0.1) is 69.0 Å². The molecule has 0 saturated carbocycles. The molecule has 0 spiro atoms. The number of allylic oxidation sites excluding steroid dienone is 6. The van der Waals surface area contributed by atoms with E-state index in [2.05, 4.69) is 185 Å². The van der Waals surface area contributed by atoms with E-state index < -0.39 is 0 Å². The number of ether oxygens (including phenoxy) is 1. The molecule has 0 N–H and O–H groups in total. The fraction of sp³-hybridized carbons (Fsp3) is 0.846. The third kappa shape index (κ3) is 24.8. The molecule has 9 atom stereocenters. The van der Waals surface area contributed by atoms with Gasteiger partial charge in [0.1, 0.15) is 5.78 Å². The molecule has 0 aromatic heterocycles. The van der Waals surface area contributed by atoms with Gasteiger partial charge in [0.05, 0.1) is 12.2 Å². The number of hydrogen-bond acceptors (Lipinski definition) is 3. The smallest absolute Gasteiger partial charge is 0.155 e. The zero-order valence-electron chi connectivity index (χ0n) is 43.2. The van der Waals surface area contributed by atoms with Gasteiger partial charge in [0.2, 0.25) is 0 Å². The predicted octanol–water partition coefficient (Wildman–Crippen LogP) is 16.5. The Labute approximate surface area is 348 Å². The average Bonchev–Trinajstić information content (AvgIpc) is 3.81. The molecule has 328 valence electrons. The van der Waals surface area contributed by atoms with Gasteiger partial charge < -0.3 is 4.74 Å². The molecule has 0 aliphatic carbocycles. The lowest BCUT2D eigenvalue weighted by Gasteiger charge is -2.37. The van der Waals surface area contributed by atoms with Gasteiger partial charge in [-0.25, -0.2) is 0 Å². The Bertz CT molecular complexity index is 1180. The Kier molecular flexibility index (Phi) is 27.5. The van der Waals surface area contributed by atoms with Crippen molar-refractivity contribution in [3.63, 3.8) is 0 Å². The monoisotopic (exact) mass is 775 g/mol. The molecular formula is C52H102O3. The van der Waals surface area contributed by atoms with Crippen molar-refractivity contribution >= 4 is 11.6 Å². The summed E-state index contributed by atoms with van der Waals surface area (Å²) < 4.78 is 5.54. The number of Topliss-reactive ketones (excluding diaryl/α,β-unsaturated/α-hetero) is 2. The first kappa shape index (κ1) is 60.2. The summed E-state index contributed by atoms with van der Waals surface area (Å²) in [6, 6.07) is 0. The fourth-order valence-corrected chi connectivity index (χ4v) is 5.93. The fourth-order valence-electron chi connectivity index (χ4n) is 5.93. The molecule has 1 saturated heterocycles. The highest BCUT2D eigenvalue weighted by molar-refractivity contribution is 5.93. The number of rotatable bonds is 9. The van der Waals surface area contributed by atoms with E-state index in [1.807, 2.05) is 20.8 Å². The maximum atomic E-state index is 11.2. The lowest BCUT2D eigenvalue weighted by Crippen LogP contribution is -2.33. The Morgan fingerprint density at radius 1 is 0.564 bits per heavy atom. The van der Waals surface area contributed by atoms with Gasteiger partial charge in [0.15, 0.2) is 5.78 Å². The van der Waals surface area contributed by atoms with Gasteiger partial charge in [-0.1, -0.05) is 167 Å². The van der Waals surface area contributed by atoms with Crippen LogP contribution in [0.1, 0.15) is 208 Å². The summed E-state index contributed by atoms with van der Waals surface area (Å²) in [5, 5.41) is 0. The molecule has 0 aromatic carbocycles. The normalized spacial score (nSPS) is 20.8. The number of hydrogen-bond donors (Lipinski definition) is 0. The Morgan fingerprint density at radius 2 is 0.891 bits per heavy atom. The minimum Gasteiger partial charge on any atom is -0.370 e. The Hall–Kier alpha value is -1.48. The number of ketones is 2. The Morgan fingerprint density at radius 3 is 1.09 bits per heavy atom. The van der Waals surface area contributed by atoms with Crippen LogP contribution in [0.25, 0.3) is 0 Å². The summed E-state index contributed by atoms with van der Waals surface area (Å²) in [4.78, 5) is 22.4. The van der Waals surface area contributed by atoms with Crippen molar-refractivity contribution in [2.75, 3.05) is 6.61 Å². The van der Waals surface area contributed by atoms with Gasteiger partial charge in [0, 0.05) is 5.92 Å². The molecule has 1 rings (SSSR count). The van der Waals surface area contributed by atoms with Gasteiger partial charge in [-0.05, 0) is 138 Å². The van der Waals surface area contributed by atoms with Crippen LogP contribution in [0.2, 0.25) is 0 Å². The van der Waals surface area contributed by atoms with Crippen LogP contribution in [-0.4, -0.2) is 23.8 Å². The summed E-state index contributed by atoms with van der Waals surface area (Å²) in [7, 11) is 0. The van der Waals surface area contributed by atoms with Crippen molar-refractivity contribution in [3.05, 3.63) is 34.4 Å². The van der Waals surface area contributed by atoms with Crippen molar-refractivity contribution in [1.82, 2.24) is 0 Å². The number of carbonyl (C=O) groups is 2. The molecule has 1 fully saturated rings. The summed E-state index contributed by atoms with van der Waals surface area (Å²) >= 11 is 0. The van der Waals surface area contributed by atoms with Crippen LogP contribution in [0.3, 0.4) is 0 Å². The topological polar surface area (TPSA) is 46.7 Å². The van der Waals surface area contributed by atoms with E-state index in [0.29, 0.717) is 51.6 Å². The predicted molar refractivity (Wildman–Crippen MR) is 250 cm³/mol. The third-order valence-corrected chi connectivity index (χ3v) is 14.2. The molecule has 1 aliphatic rings.